The standard InChI is InChI=1S/C21H28N4O5S/c1-15(2)25-19(12-13-22-25)23-20(26)16(3)30-21(27)18-11-7-8-14-24(18)31(28,29)17-9-5-4-6-10-17/h4-6,9-10,12-13,15-16,18H,7-8,11,14H2,1-3H3,(H,23,26)/t16-,18-/m1/s1. The lowest BCUT2D eigenvalue weighted by Crippen LogP contribution is -2.49. The highest BCUT2D eigenvalue weighted by atomic mass is 32.2. The molecule has 2 aromatic rings. The van der Waals surface area contributed by atoms with Crippen LogP contribution in [-0.2, 0) is 24.3 Å². The Kier molecular flexibility index (Phi) is 7.11. The Morgan fingerprint density at radius 1 is 1.13 bits per heavy atom. The van der Waals surface area contributed by atoms with Crippen molar-refractivity contribution in [2.24, 2.45) is 0 Å². The first-order valence-electron chi connectivity index (χ1n) is 10.3. The SMILES string of the molecule is CC(C)n1nccc1NC(=O)[C@@H](C)OC(=O)[C@H]1CCCCN1S(=O)(=O)c1ccccc1. The highest BCUT2D eigenvalue weighted by molar-refractivity contribution is 7.89. The lowest BCUT2D eigenvalue weighted by atomic mass is 10.1. The van der Waals surface area contributed by atoms with Crippen molar-refractivity contribution in [3.8, 4) is 0 Å². The van der Waals surface area contributed by atoms with Crippen LogP contribution in [0.15, 0.2) is 47.5 Å². The van der Waals surface area contributed by atoms with Gasteiger partial charge in [0.15, 0.2) is 6.10 Å². The Balaban J connectivity index is 1.70. The summed E-state index contributed by atoms with van der Waals surface area (Å²) in [5.41, 5.74) is 0. The van der Waals surface area contributed by atoms with E-state index in [0.717, 1.165) is 0 Å². The maximum absolute atomic E-state index is 13.1. The summed E-state index contributed by atoms with van der Waals surface area (Å²) in [4.78, 5) is 25.5. The zero-order valence-corrected chi connectivity index (χ0v) is 18.7. The van der Waals surface area contributed by atoms with E-state index in [1.54, 1.807) is 35.1 Å². The maximum Gasteiger partial charge on any atom is 0.325 e. The normalized spacial score (nSPS) is 18.5. The number of aromatic nitrogens is 2. The summed E-state index contributed by atoms with van der Waals surface area (Å²) in [5.74, 6) is -0.739. The predicted octanol–water partition coefficient (Wildman–Crippen LogP) is 2.58. The maximum atomic E-state index is 13.1. The van der Waals surface area contributed by atoms with E-state index in [9.17, 15) is 18.0 Å². The summed E-state index contributed by atoms with van der Waals surface area (Å²) in [5, 5.41) is 6.85. The van der Waals surface area contributed by atoms with Crippen LogP contribution in [0.5, 0.6) is 0 Å². The highest BCUT2D eigenvalue weighted by Gasteiger charge is 2.39. The molecule has 1 fully saturated rings. The molecule has 10 heteroatoms. The van der Waals surface area contributed by atoms with E-state index in [1.807, 2.05) is 13.8 Å². The molecule has 0 spiro atoms. The van der Waals surface area contributed by atoms with Gasteiger partial charge in [0, 0.05) is 18.7 Å². The second-order valence-electron chi connectivity index (χ2n) is 7.76. The van der Waals surface area contributed by atoms with Crippen molar-refractivity contribution in [1.29, 1.82) is 0 Å². The lowest BCUT2D eigenvalue weighted by Gasteiger charge is -2.33. The molecular weight excluding hydrogens is 420 g/mol. The number of carbonyl (C=O) groups is 2. The van der Waals surface area contributed by atoms with Crippen LogP contribution < -0.4 is 5.32 Å². The topological polar surface area (TPSA) is 111 Å². The molecule has 1 aliphatic heterocycles. The Morgan fingerprint density at radius 2 is 1.84 bits per heavy atom. The highest BCUT2D eigenvalue weighted by Crippen LogP contribution is 2.26. The summed E-state index contributed by atoms with van der Waals surface area (Å²) < 4.78 is 34.3. The van der Waals surface area contributed by atoms with Crippen molar-refractivity contribution in [2.75, 3.05) is 11.9 Å². The van der Waals surface area contributed by atoms with Crippen molar-refractivity contribution in [1.82, 2.24) is 14.1 Å². The van der Waals surface area contributed by atoms with Crippen LogP contribution in [0.2, 0.25) is 0 Å². The fourth-order valence-corrected chi connectivity index (χ4v) is 5.18. The minimum absolute atomic E-state index is 0.0437. The first kappa shape index (κ1) is 23.0. The Bertz CT molecular complexity index is 1020. The number of ether oxygens (including phenoxy) is 1. The van der Waals surface area contributed by atoms with Gasteiger partial charge in [-0.15, -0.1) is 0 Å². The minimum atomic E-state index is -3.85. The van der Waals surface area contributed by atoms with E-state index >= 15 is 0 Å². The third-order valence-corrected chi connectivity index (χ3v) is 7.07. The van der Waals surface area contributed by atoms with Gasteiger partial charge in [-0.1, -0.05) is 18.2 Å². The zero-order valence-electron chi connectivity index (χ0n) is 17.9. The number of carbonyl (C=O) groups excluding carboxylic acids is 2. The quantitative estimate of drug-likeness (QED) is 0.652. The molecule has 3 rings (SSSR count). The number of hydrogen-bond donors (Lipinski definition) is 1. The Labute approximate surface area is 182 Å². The second-order valence-corrected chi connectivity index (χ2v) is 9.65. The van der Waals surface area contributed by atoms with E-state index in [2.05, 4.69) is 10.4 Å². The van der Waals surface area contributed by atoms with Crippen LogP contribution in [0.25, 0.3) is 0 Å². The molecule has 1 aliphatic rings. The van der Waals surface area contributed by atoms with Crippen LogP contribution in [0.3, 0.4) is 0 Å². The molecule has 9 nitrogen and oxygen atoms in total. The van der Waals surface area contributed by atoms with Crippen molar-refractivity contribution in [2.45, 2.75) is 63.1 Å². The molecule has 1 amide bonds. The third kappa shape index (κ3) is 5.13. The summed E-state index contributed by atoms with van der Waals surface area (Å²) in [7, 11) is -3.85. The predicted molar refractivity (Wildman–Crippen MR) is 115 cm³/mol. The van der Waals surface area contributed by atoms with Crippen LogP contribution in [0.4, 0.5) is 5.82 Å². The van der Waals surface area contributed by atoms with Crippen LogP contribution in [-0.4, -0.2) is 53.1 Å². The number of amides is 1. The molecule has 1 aromatic carbocycles. The number of anilines is 1. The number of rotatable bonds is 7. The molecule has 1 aromatic heterocycles. The Morgan fingerprint density at radius 3 is 2.52 bits per heavy atom. The average Bonchev–Trinajstić information content (AvgIpc) is 3.22. The van der Waals surface area contributed by atoms with E-state index in [0.29, 0.717) is 25.1 Å². The molecule has 0 saturated carbocycles. The van der Waals surface area contributed by atoms with E-state index in [1.165, 1.54) is 23.4 Å². The van der Waals surface area contributed by atoms with Gasteiger partial charge in [0.2, 0.25) is 10.0 Å². The van der Waals surface area contributed by atoms with Crippen molar-refractivity contribution in [3.05, 3.63) is 42.6 Å². The van der Waals surface area contributed by atoms with Gasteiger partial charge < -0.3 is 10.1 Å². The molecule has 31 heavy (non-hydrogen) atoms. The van der Waals surface area contributed by atoms with Crippen LogP contribution in [0, 0.1) is 0 Å². The van der Waals surface area contributed by atoms with Gasteiger partial charge in [-0.05, 0) is 52.2 Å². The number of hydrogen-bond acceptors (Lipinski definition) is 6. The lowest BCUT2D eigenvalue weighted by molar-refractivity contribution is -0.157. The average molecular weight is 449 g/mol. The van der Waals surface area contributed by atoms with Gasteiger partial charge in [0.1, 0.15) is 11.9 Å². The van der Waals surface area contributed by atoms with Crippen LogP contribution >= 0.6 is 0 Å². The van der Waals surface area contributed by atoms with Crippen LogP contribution in [0.1, 0.15) is 46.1 Å². The third-order valence-electron chi connectivity index (χ3n) is 5.15. The van der Waals surface area contributed by atoms with Crippen molar-refractivity contribution in [3.63, 3.8) is 0 Å². The van der Waals surface area contributed by atoms with E-state index in [4.69, 9.17) is 4.74 Å². The molecule has 168 valence electrons. The minimum Gasteiger partial charge on any atom is -0.451 e. The molecule has 2 atom stereocenters. The molecule has 0 bridgehead atoms. The second kappa shape index (κ2) is 9.61. The first-order chi connectivity index (χ1) is 14.7. The van der Waals surface area contributed by atoms with Gasteiger partial charge in [0.05, 0.1) is 11.1 Å². The molecule has 0 aliphatic carbocycles. The zero-order chi connectivity index (χ0) is 22.6. The molecule has 1 saturated heterocycles. The number of nitrogens with zero attached hydrogens (tertiary/aromatic N) is 3. The number of benzene rings is 1. The first-order valence-corrected chi connectivity index (χ1v) is 11.8. The van der Waals surface area contributed by atoms with E-state index in [-0.39, 0.29) is 17.5 Å². The fraction of sp³-hybridized carbons (Fsp3) is 0.476. The molecule has 0 unspecified atom stereocenters. The summed E-state index contributed by atoms with van der Waals surface area (Å²) in [6, 6.07) is 8.74. The molecule has 0 radical (unpaired) electrons. The number of esters is 1. The van der Waals surface area contributed by atoms with E-state index < -0.39 is 34.0 Å². The van der Waals surface area contributed by atoms with Gasteiger partial charge in [-0.25, -0.2) is 13.1 Å². The van der Waals surface area contributed by atoms with Crippen molar-refractivity contribution >= 4 is 27.7 Å². The van der Waals surface area contributed by atoms with Gasteiger partial charge >= 0.3 is 5.97 Å². The Hall–Kier alpha value is -2.72. The monoisotopic (exact) mass is 448 g/mol. The molecule has 1 N–H and O–H groups in total. The number of piperidine rings is 1. The smallest absolute Gasteiger partial charge is 0.325 e. The molecular formula is C21H28N4O5S. The summed E-state index contributed by atoms with van der Waals surface area (Å²) in [6.45, 7) is 5.54. The van der Waals surface area contributed by atoms with Gasteiger partial charge in [-0.3, -0.25) is 9.59 Å². The summed E-state index contributed by atoms with van der Waals surface area (Å²) in [6.07, 6.45) is 2.19. The number of nitrogens with one attached hydrogen (secondary N) is 1. The van der Waals surface area contributed by atoms with Gasteiger partial charge in [-0.2, -0.15) is 9.40 Å². The largest absolute Gasteiger partial charge is 0.451 e. The van der Waals surface area contributed by atoms with Gasteiger partial charge in [0.25, 0.3) is 5.91 Å². The summed E-state index contributed by atoms with van der Waals surface area (Å²) >= 11 is 0. The van der Waals surface area contributed by atoms with Crippen molar-refractivity contribution < 1.29 is 22.7 Å². The number of sulfonamides is 1. The molecule has 2 heterocycles. The fourth-order valence-electron chi connectivity index (χ4n) is 3.52.